The molecule has 0 spiro atoms. The van der Waals surface area contributed by atoms with E-state index < -0.39 is 0 Å². The van der Waals surface area contributed by atoms with Crippen molar-refractivity contribution in [3.8, 4) is 22.6 Å². The fraction of sp³-hybridized carbons (Fsp3) is 0.321. The van der Waals surface area contributed by atoms with Crippen molar-refractivity contribution in [3.63, 3.8) is 0 Å². The molecule has 6 heteroatoms. The van der Waals surface area contributed by atoms with Crippen molar-refractivity contribution in [2.45, 2.75) is 26.3 Å². The van der Waals surface area contributed by atoms with Crippen LogP contribution < -0.4 is 14.8 Å². The summed E-state index contributed by atoms with van der Waals surface area (Å²) in [6, 6.07) is 22.3. The van der Waals surface area contributed by atoms with Gasteiger partial charge in [0.15, 0.2) is 0 Å². The van der Waals surface area contributed by atoms with Gasteiger partial charge in [0.25, 0.3) is 0 Å². The van der Waals surface area contributed by atoms with Crippen LogP contribution in [0, 0.1) is 0 Å². The number of hydrogen-bond acceptors (Lipinski definition) is 6. The van der Waals surface area contributed by atoms with Crippen LogP contribution in [0.4, 0.5) is 5.69 Å². The second-order valence-corrected chi connectivity index (χ2v) is 7.73. The van der Waals surface area contributed by atoms with E-state index in [-0.39, 0.29) is 5.97 Å². The molecule has 180 valence electrons. The number of rotatable bonds is 13. The Hall–Kier alpha value is -3.51. The van der Waals surface area contributed by atoms with Gasteiger partial charge in [-0.05, 0) is 66.4 Å². The molecule has 0 bridgehead atoms. The monoisotopic (exact) mass is 463 g/mol. The number of anilines is 1. The first-order chi connectivity index (χ1) is 16.6. The standard InChI is InChI=1S/C28H33NO5/c1-4-33-17-18-34-25-13-9-23(10-14-25)26-19-22(7-15-27(26)31-2)20-29-24-11-5-21(6-12-24)8-16-28(30)32-3/h5-7,9-15,19,29H,4,8,16-18,20H2,1-3H3. The number of hydrogen-bond donors (Lipinski definition) is 1. The number of esters is 1. The Balaban J connectivity index is 1.62. The minimum atomic E-state index is -0.193. The lowest BCUT2D eigenvalue weighted by Gasteiger charge is -2.13. The second-order valence-electron chi connectivity index (χ2n) is 7.73. The van der Waals surface area contributed by atoms with Crippen LogP contribution in [0.3, 0.4) is 0 Å². The Morgan fingerprint density at radius 2 is 1.62 bits per heavy atom. The summed E-state index contributed by atoms with van der Waals surface area (Å²) in [4.78, 5) is 11.3. The van der Waals surface area contributed by atoms with E-state index in [2.05, 4.69) is 17.4 Å². The van der Waals surface area contributed by atoms with Gasteiger partial charge in [-0.2, -0.15) is 0 Å². The predicted molar refractivity (Wildman–Crippen MR) is 135 cm³/mol. The smallest absolute Gasteiger partial charge is 0.305 e. The summed E-state index contributed by atoms with van der Waals surface area (Å²) in [5.74, 6) is 1.44. The summed E-state index contributed by atoms with van der Waals surface area (Å²) in [5, 5.41) is 3.46. The third kappa shape index (κ3) is 7.52. The fourth-order valence-corrected chi connectivity index (χ4v) is 3.53. The van der Waals surface area contributed by atoms with Gasteiger partial charge in [0, 0.05) is 30.8 Å². The highest BCUT2D eigenvalue weighted by Crippen LogP contribution is 2.32. The van der Waals surface area contributed by atoms with Crippen molar-refractivity contribution in [3.05, 3.63) is 77.9 Å². The van der Waals surface area contributed by atoms with Crippen molar-refractivity contribution < 1.29 is 23.7 Å². The van der Waals surface area contributed by atoms with Crippen LogP contribution in [-0.2, 0) is 27.2 Å². The first-order valence-corrected chi connectivity index (χ1v) is 11.5. The summed E-state index contributed by atoms with van der Waals surface area (Å²) in [6.45, 7) is 4.45. The Morgan fingerprint density at radius 3 is 2.29 bits per heavy atom. The SMILES string of the molecule is CCOCCOc1ccc(-c2cc(CNc3ccc(CCC(=O)OC)cc3)ccc2OC)cc1. The fourth-order valence-electron chi connectivity index (χ4n) is 3.53. The molecular weight excluding hydrogens is 430 g/mol. The molecule has 3 rings (SSSR count). The zero-order valence-corrected chi connectivity index (χ0v) is 20.1. The van der Waals surface area contributed by atoms with Crippen molar-refractivity contribution in [2.24, 2.45) is 0 Å². The molecule has 6 nitrogen and oxygen atoms in total. The Bertz CT molecular complexity index is 1030. The molecule has 34 heavy (non-hydrogen) atoms. The van der Waals surface area contributed by atoms with Crippen LogP contribution >= 0.6 is 0 Å². The van der Waals surface area contributed by atoms with Gasteiger partial charge in [-0.1, -0.05) is 30.3 Å². The van der Waals surface area contributed by atoms with Crippen molar-refractivity contribution in [1.29, 1.82) is 0 Å². The number of nitrogens with one attached hydrogen (secondary N) is 1. The minimum absolute atomic E-state index is 0.193. The molecule has 0 aliphatic heterocycles. The van der Waals surface area contributed by atoms with Crippen molar-refractivity contribution >= 4 is 11.7 Å². The number of methoxy groups -OCH3 is 2. The molecule has 3 aromatic rings. The third-order valence-corrected chi connectivity index (χ3v) is 5.43. The maximum Gasteiger partial charge on any atom is 0.305 e. The molecule has 0 amide bonds. The van der Waals surface area contributed by atoms with Crippen LogP contribution in [0.1, 0.15) is 24.5 Å². The average Bonchev–Trinajstić information content (AvgIpc) is 2.89. The first kappa shape index (κ1) is 25.1. The third-order valence-electron chi connectivity index (χ3n) is 5.43. The lowest BCUT2D eigenvalue weighted by molar-refractivity contribution is -0.140. The molecule has 0 aliphatic carbocycles. The zero-order valence-electron chi connectivity index (χ0n) is 20.1. The molecule has 0 radical (unpaired) electrons. The average molecular weight is 464 g/mol. The number of carbonyl (C=O) groups excluding carboxylic acids is 1. The van der Waals surface area contributed by atoms with Gasteiger partial charge in [-0.25, -0.2) is 0 Å². The summed E-state index contributed by atoms with van der Waals surface area (Å²) in [6.07, 6.45) is 1.06. The van der Waals surface area contributed by atoms with Gasteiger partial charge in [0.1, 0.15) is 18.1 Å². The van der Waals surface area contributed by atoms with Gasteiger partial charge < -0.3 is 24.3 Å². The summed E-state index contributed by atoms with van der Waals surface area (Å²) in [5.41, 5.74) is 5.36. The molecule has 0 heterocycles. The van der Waals surface area contributed by atoms with Crippen LogP contribution in [0.2, 0.25) is 0 Å². The van der Waals surface area contributed by atoms with Gasteiger partial charge in [0.2, 0.25) is 0 Å². The Kier molecular flexibility index (Phi) is 9.80. The summed E-state index contributed by atoms with van der Waals surface area (Å²) >= 11 is 0. The largest absolute Gasteiger partial charge is 0.496 e. The molecule has 1 N–H and O–H groups in total. The van der Waals surface area contributed by atoms with E-state index in [0.717, 1.165) is 39.4 Å². The molecule has 0 aliphatic rings. The number of carbonyl (C=O) groups is 1. The van der Waals surface area contributed by atoms with E-state index in [0.29, 0.717) is 39.2 Å². The normalized spacial score (nSPS) is 10.6. The summed E-state index contributed by atoms with van der Waals surface area (Å²) < 4.78 is 21.3. The zero-order chi connectivity index (χ0) is 24.2. The van der Waals surface area contributed by atoms with E-state index >= 15 is 0 Å². The van der Waals surface area contributed by atoms with E-state index in [1.165, 1.54) is 7.11 Å². The van der Waals surface area contributed by atoms with Crippen LogP contribution in [0.15, 0.2) is 66.7 Å². The minimum Gasteiger partial charge on any atom is -0.496 e. The lowest BCUT2D eigenvalue weighted by Crippen LogP contribution is -2.06. The molecule has 0 fully saturated rings. The van der Waals surface area contributed by atoms with Crippen molar-refractivity contribution in [1.82, 2.24) is 0 Å². The molecule has 0 saturated carbocycles. The molecule has 0 saturated heterocycles. The molecule has 3 aromatic carbocycles. The van der Waals surface area contributed by atoms with Crippen molar-refractivity contribution in [2.75, 3.05) is 39.4 Å². The molecule has 0 atom stereocenters. The maximum atomic E-state index is 11.3. The number of aryl methyl sites for hydroxylation is 1. The molecule has 0 aromatic heterocycles. The predicted octanol–water partition coefficient (Wildman–Crippen LogP) is 5.50. The Labute approximate surface area is 201 Å². The van der Waals surface area contributed by atoms with Gasteiger partial charge in [-0.15, -0.1) is 0 Å². The quantitative estimate of drug-likeness (QED) is 0.267. The topological polar surface area (TPSA) is 66.0 Å². The summed E-state index contributed by atoms with van der Waals surface area (Å²) in [7, 11) is 3.10. The highest BCUT2D eigenvalue weighted by Gasteiger charge is 2.08. The van der Waals surface area contributed by atoms with E-state index in [1.807, 2.05) is 61.5 Å². The van der Waals surface area contributed by atoms with Gasteiger partial charge in [0.05, 0.1) is 20.8 Å². The van der Waals surface area contributed by atoms with Crippen LogP contribution in [0.5, 0.6) is 11.5 Å². The van der Waals surface area contributed by atoms with Crippen LogP contribution in [0.25, 0.3) is 11.1 Å². The molecule has 0 unspecified atom stereocenters. The highest BCUT2D eigenvalue weighted by molar-refractivity contribution is 5.72. The highest BCUT2D eigenvalue weighted by atomic mass is 16.5. The molecular formula is C28H33NO5. The maximum absolute atomic E-state index is 11.3. The van der Waals surface area contributed by atoms with Gasteiger partial charge >= 0.3 is 5.97 Å². The van der Waals surface area contributed by atoms with Crippen LogP contribution in [-0.4, -0.2) is 40.0 Å². The van der Waals surface area contributed by atoms with E-state index in [1.54, 1.807) is 7.11 Å². The van der Waals surface area contributed by atoms with E-state index in [9.17, 15) is 4.79 Å². The first-order valence-electron chi connectivity index (χ1n) is 11.5. The Morgan fingerprint density at radius 1 is 0.882 bits per heavy atom. The van der Waals surface area contributed by atoms with Gasteiger partial charge in [-0.3, -0.25) is 4.79 Å². The second kappa shape index (κ2) is 13.3. The number of benzene rings is 3. The lowest BCUT2D eigenvalue weighted by atomic mass is 10.0. The van der Waals surface area contributed by atoms with E-state index in [4.69, 9.17) is 18.9 Å². The number of ether oxygens (including phenoxy) is 4.